The van der Waals surface area contributed by atoms with Gasteiger partial charge in [-0.3, -0.25) is 0 Å². The molecule has 3 aliphatic carbocycles. The van der Waals surface area contributed by atoms with Crippen molar-refractivity contribution in [1.82, 2.24) is 0 Å². The van der Waals surface area contributed by atoms with Crippen molar-refractivity contribution in [3.63, 3.8) is 0 Å². The zero-order chi connectivity index (χ0) is 14.5. The van der Waals surface area contributed by atoms with Gasteiger partial charge in [-0.2, -0.15) is 0 Å². The van der Waals surface area contributed by atoms with Gasteiger partial charge < -0.3 is 0 Å². The molecule has 0 heterocycles. The van der Waals surface area contributed by atoms with Gasteiger partial charge in [0.2, 0.25) is 0 Å². The number of aryl methyl sites for hydroxylation is 4. The van der Waals surface area contributed by atoms with Gasteiger partial charge in [0.25, 0.3) is 0 Å². The Bertz CT molecular complexity index is 654. The van der Waals surface area contributed by atoms with Gasteiger partial charge in [0.05, 0.1) is 0 Å². The van der Waals surface area contributed by atoms with E-state index in [1.54, 1.807) is 44.5 Å². The summed E-state index contributed by atoms with van der Waals surface area (Å²) in [4.78, 5) is 0. The molecular weight excluding hydrogens is 264 g/mol. The van der Waals surface area contributed by atoms with E-state index in [0.717, 1.165) is 0 Å². The molecule has 4 rings (SSSR count). The van der Waals surface area contributed by atoms with Crippen LogP contribution >= 0.6 is 0 Å². The summed E-state index contributed by atoms with van der Waals surface area (Å²) < 4.78 is 0. The maximum absolute atomic E-state index is 2.56. The molecule has 0 atom stereocenters. The van der Waals surface area contributed by atoms with Crippen molar-refractivity contribution in [3.05, 3.63) is 81.0 Å². The van der Waals surface area contributed by atoms with Crippen LogP contribution in [0.15, 0.2) is 58.7 Å². The van der Waals surface area contributed by atoms with Crippen LogP contribution in [0, 0.1) is 0 Å². The fraction of sp³-hybridized carbons (Fsp3) is 0.364. The molecule has 0 radical (unpaired) electrons. The zero-order valence-electron chi connectivity index (χ0n) is 13.1. The SMILES string of the molecule is C1=CC2=C3C=CC4=C1CCc1cc(c(cc1CC4)CC3)CC2. The lowest BCUT2D eigenvalue weighted by Crippen LogP contribution is -2.06. The molecule has 0 fully saturated rings. The van der Waals surface area contributed by atoms with Crippen LogP contribution in [0.4, 0.5) is 0 Å². The van der Waals surface area contributed by atoms with Crippen molar-refractivity contribution in [3.8, 4) is 0 Å². The number of rotatable bonds is 0. The van der Waals surface area contributed by atoms with Crippen molar-refractivity contribution >= 4 is 0 Å². The molecule has 0 aliphatic heterocycles. The Hall–Kier alpha value is -1.82. The molecule has 0 bridgehead atoms. The minimum atomic E-state index is 1.20. The maximum atomic E-state index is 2.56. The Morgan fingerprint density at radius 3 is 0.909 bits per heavy atom. The minimum absolute atomic E-state index is 1.20. The highest BCUT2D eigenvalue weighted by Gasteiger charge is 2.20. The topological polar surface area (TPSA) is 0 Å². The molecule has 0 N–H and O–H groups in total. The Labute approximate surface area is 132 Å². The summed E-state index contributed by atoms with van der Waals surface area (Å²) in [7, 11) is 0. The summed E-state index contributed by atoms with van der Waals surface area (Å²) >= 11 is 0. The average molecular weight is 286 g/mol. The van der Waals surface area contributed by atoms with E-state index in [1.165, 1.54) is 51.4 Å². The quantitative estimate of drug-likeness (QED) is 0.616. The smallest absolute Gasteiger partial charge is 0.0235 e. The summed E-state index contributed by atoms with van der Waals surface area (Å²) in [5.74, 6) is 0. The highest BCUT2D eigenvalue weighted by atomic mass is 14.2. The van der Waals surface area contributed by atoms with Crippen molar-refractivity contribution in [2.75, 3.05) is 0 Å². The third-order valence-corrected chi connectivity index (χ3v) is 5.97. The third-order valence-electron chi connectivity index (χ3n) is 5.97. The monoisotopic (exact) mass is 286 g/mol. The summed E-state index contributed by atoms with van der Waals surface area (Å²) in [6, 6.07) is 5.12. The lowest BCUT2D eigenvalue weighted by molar-refractivity contribution is 0.824. The standard InChI is InChI=1S/C22H22/c1-2-16-6-10-20-13-19-9-5-15(1)17-3-4-18(16)8-12-22(20)14-21(19)11-7-17/h1-4,13-14H,5-12H2. The summed E-state index contributed by atoms with van der Waals surface area (Å²) in [5.41, 5.74) is 12.8. The highest BCUT2D eigenvalue weighted by Crippen LogP contribution is 2.35. The summed E-state index contributed by atoms with van der Waals surface area (Å²) in [5, 5.41) is 0. The van der Waals surface area contributed by atoms with Crippen LogP contribution in [0.5, 0.6) is 0 Å². The van der Waals surface area contributed by atoms with Crippen LogP contribution in [-0.4, -0.2) is 0 Å². The molecule has 22 heavy (non-hydrogen) atoms. The van der Waals surface area contributed by atoms with E-state index in [9.17, 15) is 0 Å². The van der Waals surface area contributed by atoms with Crippen molar-refractivity contribution in [1.29, 1.82) is 0 Å². The largest absolute Gasteiger partial charge is 0.0585 e. The van der Waals surface area contributed by atoms with E-state index in [4.69, 9.17) is 0 Å². The van der Waals surface area contributed by atoms with Gasteiger partial charge in [0.15, 0.2) is 0 Å². The Balaban J connectivity index is 1.83. The molecule has 0 amide bonds. The Morgan fingerprint density at radius 2 is 0.636 bits per heavy atom. The van der Waals surface area contributed by atoms with E-state index in [1.807, 2.05) is 0 Å². The van der Waals surface area contributed by atoms with Gasteiger partial charge in [-0.15, -0.1) is 0 Å². The molecule has 0 spiro atoms. The number of fused-ring (bicyclic) bond motifs is 2. The second-order valence-corrected chi connectivity index (χ2v) is 7.16. The lowest BCUT2D eigenvalue weighted by Gasteiger charge is -2.20. The van der Waals surface area contributed by atoms with E-state index >= 15 is 0 Å². The predicted molar refractivity (Wildman–Crippen MR) is 92.1 cm³/mol. The second kappa shape index (κ2) is 4.84. The molecule has 0 aromatic heterocycles. The van der Waals surface area contributed by atoms with E-state index < -0.39 is 0 Å². The van der Waals surface area contributed by atoms with Gasteiger partial charge in [-0.1, -0.05) is 36.4 Å². The van der Waals surface area contributed by atoms with Crippen molar-refractivity contribution in [2.24, 2.45) is 0 Å². The first-order valence-electron chi connectivity index (χ1n) is 8.80. The molecule has 3 aliphatic rings. The molecule has 0 heteroatoms. The Morgan fingerprint density at radius 1 is 0.364 bits per heavy atom. The first-order valence-corrected chi connectivity index (χ1v) is 8.80. The first-order chi connectivity index (χ1) is 10.9. The molecule has 0 saturated heterocycles. The molecule has 110 valence electrons. The summed E-state index contributed by atoms with van der Waals surface area (Å²) in [6.45, 7) is 0. The molecule has 1 aromatic carbocycles. The van der Waals surface area contributed by atoms with Crippen molar-refractivity contribution < 1.29 is 0 Å². The fourth-order valence-corrected chi connectivity index (χ4v) is 4.61. The predicted octanol–water partition coefficient (Wildman–Crippen LogP) is 5.18. The minimum Gasteiger partial charge on any atom is -0.0585 e. The number of hydrogen-bond donors (Lipinski definition) is 0. The van der Waals surface area contributed by atoms with Crippen LogP contribution in [0.1, 0.15) is 47.9 Å². The van der Waals surface area contributed by atoms with Gasteiger partial charge in [-0.25, -0.2) is 0 Å². The molecule has 0 nitrogen and oxygen atoms in total. The van der Waals surface area contributed by atoms with Crippen LogP contribution in [-0.2, 0) is 25.7 Å². The average Bonchev–Trinajstić information content (AvgIpc) is 2.51. The van der Waals surface area contributed by atoms with Crippen LogP contribution < -0.4 is 0 Å². The van der Waals surface area contributed by atoms with Crippen LogP contribution in [0.2, 0.25) is 0 Å². The van der Waals surface area contributed by atoms with E-state index in [-0.39, 0.29) is 0 Å². The van der Waals surface area contributed by atoms with Gasteiger partial charge in [0, 0.05) is 0 Å². The summed E-state index contributed by atoms with van der Waals surface area (Å²) in [6.07, 6.45) is 19.4. The van der Waals surface area contributed by atoms with Gasteiger partial charge >= 0.3 is 0 Å². The second-order valence-electron chi connectivity index (χ2n) is 7.16. The first kappa shape index (κ1) is 12.7. The van der Waals surface area contributed by atoms with E-state index in [0.29, 0.717) is 0 Å². The molecule has 1 aromatic rings. The maximum Gasteiger partial charge on any atom is -0.0235 e. The van der Waals surface area contributed by atoms with Crippen LogP contribution in [0.25, 0.3) is 0 Å². The fourth-order valence-electron chi connectivity index (χ4n) is 4.61. The third kappa shape index (κ3) is 1.97. The number of benzene rings is 1. The van der Waals surface area contributed by atoms with Crippen molar-refractivity contribution in [2.45, 2.75) is 51.4 Å². The normalized spacial score (nSPS) is 22.2. The van der Waals surface area contributed by atoms with Gasteiger partial charge in [0.1, 0.15) is 0 Å². The van der Waals surface area contributed by atoms with Crippen LogP contribution in [0.3, 0.4) is 0 Å². The number of hydrogen-bond acceptors (Lipinski definition) is 0. The Kier molecular flexibility index (Phi) is 2.80. The number of allylic oxidation sites excluding steroid dienone is 8. The van der Waals surface area contributed by atoms with E-state index in [2.05, 4.69) is 36.4 Å². The molecule has 0 unspecified atom stereocenters. The highest BCUT2D eigenvalue weighted by molar-refractivity contribution is 5.50. The zero-order valence-corrected chi connectivity index (χ0v) is 13.1. The lowest BCUT2D eigenvalue weighted by atomic mass is 9.85. The van der Waals surface area contributed by atoms with Gasteiger partial charge in [-0.05, 0) is 95.9 Å². The molecular formula is C22H22. The molecule has 0 saturated carbocycles.